The lowest BCUT2D eigenvalue weighted by Crippen LogP contribution is -2.18. The molecule has 5 nitrogen and oxygen atoms in total. The molecule has 0 amide bonds. The second-order valence-electron chi connectivity index (χ2n) is 4.71. The van der Waals surface area contributed by atoms with Crippen molar-refractivity contribution in [2.24, 2.45) is 5.92 Å². The SMILES string of the molecule is Cc1nc(C)c(C(=O)O)c(SCC2CCOCC2)n1. The minimum Gasteiger partial charge on any atom is -0.478 e. The van der Waals surface area contributed by atoms with Gasteiger partial charge in [0.05, 0.1) is 5.69 Å². The Kier molecular flexibility index (Phi) is 4.76. The van der Waals surface area contributed by atoms with Crippen molar-refractivity contribution in [1.82, 2.24) is 9.97 Å². The molecule has 0 aliphatic carbocycles. The Bertz CT molecular complexity index is 473. The van der Waals surface area contributed by atoms with Gasteiger partial charge in [-0.15, -0.1) is 11.8 Å². The van der Waals surface area contributed by atoms with Gasteiger partial charge in [0.25, 0.3) is 0 Å². The summed E-state index contributed by atoms with van der Waals surface area (Å²) >= 11 is 1.52. The zero-order chi connectivity index (χ0) is 13.8. The van der Waals surface area contributed by atoms with E-state index in [2.05, 4.69) is 9.97 Å². The third kappa shape index (κ3) is 3.67. The minimum atomic E-state index is -0.952. The van der Waals surface area contributed by atoms with E-state index in [1.807, 2.05) is 0 Å². The predicted octanol–water partition coefficient (Wildman–Crippen LogP) is 2.31. The minimum absolute atomic E-state index is 0.239. The van der Waals surface area contributed by atoms with Crippen molar-refractivity contribution in [2.75, 3.05) is 19.0 Å². The van der Waals surface area contributed by atoms with Crippen molar-refractivity contribution in [2.45, 2.75) is 31.7 Å². The van der Waals surface area contributed by atoms with Gasteiger partial charge >= 0.3 is 5.97 Å². The molecule has 1 aromatic rings. The van der Waals surface area contributed by atoms with E-state index in [1.54, 1.807) is 13.8 Å². The highest BCUT2D eigenvalue weighted by Gasteiger charge is 2.20. The van der Waals surface area contributed by atoms with E-state index < -0.39 is 5.97 Å². The molecule has 0 radical (unpaired) electrons. The molecule has 1 aliphatic rings. The number of hydrogen-bond acceptors (Lipinski definition) is 5. The van der Waals surface area contributed by atoms with Gasteiger partial charge < -0.3 is 9.84 Å². The van der Waals surface area contributed by atoms with Crippen LogP contribution in [0.15, 0.2) is 5.03 Å². The van der Waals surface area contributed by atoms with Crippen LogP contribution in [0.2, 0.25) is 0 Å². The van der Waals surface area contributed by atoms with Crippen molar-refractivity contribution in [3.8, 4) is 0 Å². The molecule has 104 valence electrons. The van der Waals surface area contributed by atoms with Crippen LogP contribution < -0.4 is 0 Å². The van der Waals surface area contributed by atoms with Crippen LogP contribution >= 0.6 is 11.8 Å². The number of thioether (sulfide) groups is 1. The lowest BCUT2D eigenvalue weighted by Gasteiger charge is -2.21. The topological polar surface area (TPSA) is 72.3 Å². The van der Waals surface area contributed by atoms with Crippen molar-refractivity contribution in [3.63, 3.8) is 0 Å². The Labute approximate surface area is 116 Å². The number of aryl methyl sites for hydroxylation is 2. The van der Waals surface area contributed by atoms with Crippen molar-refractivity contribution >= 4 is 17.7 Å². The smallest absolute Gasteiger partial charge is 0.340 e. The fraction of sp³-hybridized carbons (Fsp3) is 0.615. The first-order valence-corrected chi connectivity index (χ1v) is 7.35. The average Bonchev–Trinajstić information content (AvgIpc) is 2.36. The number of hydrogen-bond donors (Lipinski definition) is 1. The summed E-state index contributed by atoms with van der Waals surface area (Å²) in [7, 11) is 0. The maximum atomic E-state index is 11.3. The predicted molar refractivity (Wildman–Crippen MR) is 72.7 cm³/mol. The quantitative estimate of drug-likeness (QED) is 0.675. The van der Waals surface area contributed by atoms with Crippen LogP contribution in [0.4, 0.5) is 0 Å². The first kappa shape index (κ1) is 14.3. The molecule has 0 spiro atoms. The Morgan fingerprint density at radius 2 is 2.05 bits per heavy atom. The average molecular weight is 282 g/mol. The zero-order valence-electron chi connectivity index (χ0n) is 11.2. The molecule has 0 saturated carbocycles. The number of carboxylic acids is 1. The molecule has 1 aromatic heterocycles. The van der Waals surface area contributed by atoms with Crippen LogP contribution in [-0.2, 0) is 4.74 Å². The third-order valence-electron chi connectivity index (χ3n) is 3.18. The van der Waals surface area contributed by atoms with Crippen LogP contribution in [0.5, 0.6) is 0 Å². The van der Waals surface area contributed by atoms with Crippen molar-refractivity contribution in [3.05, 3.63) is 17.1 Å². The number of carboxylic acid groups (broad SMARTS) is 1. The van der Waals surface area contributed by atoms with Gasteiger partial charge in [-0.2, -0.15) is 0 Å². The summed E-state index contributed by atoms with van der Waals surface area (Å²) < 4.78 is 5.32. The first-order valence-electron chi connectivity index (χ1n) is 6.37. The summed E-state index contributed by atoms with van der Waals surface area (Å²) in [5.41, 5.74) is 0.775. The molecular formula is C13H18N2O3S. The second kappa shape index (κ2) is 6.34. The number of rotatable bonds is 4. The molecule has 0 bridgehead atoms. The van der Waals surface area contributed by atoms with Crippen molar-refractivity contribution < 1.29 is 14.6 Å². The maximum absolute atomic E-state index is 11.3. The highest BCUT2D eigenvalue weighted by molar-refractivity contribution is 7.99. The van der Waals surface area contributed by atoms with Crippen LogP contribution in [0.3, 0.4) is 0 Å². The van der Waals surface area contributed by atoms with Crippen LogP contribution in [-0.4, -0.2) is 40.0 Å². The first-order chi connectivity index (χ1) is 9.08. The van der Waals surface area contributed by atoms with Crippen LogP contribution in [0.25, 0.3) is 0 Å². The van der Waals surface area contributed by atoms with Gasteiger partial charge in [0.2, 0.25) is 0 Å². The molecule has 19 heavy (non-hydrogen) atoms. The fourth-order valence-electron chi connectivity index (χ4n) is 2.14. The number of aromatic nitrogens is 2. The third-order valence-corrected chi connectivity index (χ3v) is 4.39. The Hall–Kier alpha value is -1.14. The molecule has 1 N–H and O–H groups in total. The Morgan fingerprint density at radius 1 is 1.37 bits per heavy atom. The summed E-state index contributed by atoms with van der Waals surface area (Å²) in [5, 5.41) is 9.85. The van der Waals surface area contributed by atoms with E-state index in [9.17, 15) is 9.90 Å². The molecular weight excluding hydrogens is 264 g/mol. The summed E-state index contributed by atoms with van der Waals surface area (Å²) in [6.45, 7) is 5.12. The molecule has 2 rings (SSSR count). The number of ether oxygens (including phenoxy) is 1. The Balaban J connectivity index is 2.12. The fourth-order valence-corrected chi connectivity index (χ4v) is 3.44. The van der Waals surface area contributed by atoms with E-state index in [1.165, 1.54) is 11.8 Å². The van der Waals surface area contributed by atoms with Crippen molar-refractivity contribution in [1.29, 1.82) is 0 Å². The molecule has 1 fully saturated rings. The van der Waals surface area contributed by atoms with Gasteiger partial charge in [0.15, 0.2) is 0 Å². The summed E-state index contributed by atoms with van der Waals surface area (Å²) in [6.07, 6.45) is 2.08. The second-order valence-corrected chi connectivity index (χ2v) is 5.72. The van der Waals surface area contributed by atoms with E-state index in [0.717, 1.165) is 31.8 Å². The van der Waals surface area contributed by atoms with Gasteiger partial charge in [0.1, 0.15) is 16.4 Å². The van der Waals surface area contributed by atoms with Gasteiger partial charge in [-0.1, -0.05) is 0 Å². The molecule has 2 heterocycles. The summed E-state index contributed by atoms with van der Waals surface area (Å²) in [4.78, 5) is 19.7. The van der Waals surface area contributed by atoms with Gasteiger partial charge in [0, 0.05) is 19.0 Å². The Morgan fingerprint density at radius 3 is 2.68 bits per heavy atom. The molecule has 0 aromatic carbocycles. The van der Waals surface area contributed by atoms with Gasteiger partial charge in [-0.25, -0.2) is 14.8 Å². The zero-order valence-corrected chi connectivity index (χ0v) is 12.0. The number of aromatic carboxylic acids is 1. The summed E-state index contributed by atoms with van der Waals surface area (Å²) in [6, 6.07) is 0. The lowest BCUT2D eigenvalue weighted by atomic mass is 10.0. The standard InChI is InChI=1S/C13H18N2O3S/c1-8-11(13(16)17)12(15-9(2)14-8)19-7-10-3-5-18-6-4-10/h10H,3-7H2,1-2H3,(H,16,17). The van der Waals surface area contributed by atoms with Crippen LogP contribution in [0.1, 0.15) is 34.7 Å². The van der Waals surface area contributed by atoms with E-state index >= 15 is 0 Å². The molecule has 0 atom stereocenters. The molecule has 0 unspecified atom stereocenters. The monoisotopic (exact) mass is 282 g/mol. The molecule has 1 saturated heterocycles. The maximum Gasteiger partial charge on any atom is 0.340 e. The molecule has 1 aliphatic heterocycles. The van der Waals surface area contributed by atoms with E-state index in [0.29, 0.717) is 22.5 Å². The number of nitrogens with zero attached hydrogens (tertiary/aromatic N) is 2. The van der Waals surface area contributed by atoms with Gasteiger partial charge in [-0.05, 0) is 32.6 Å². The summed E-state index contributed by atoms with van der Waals surface area (Å²) in [5.74, 6) is 1.14. The highest BCUT2D eigenvalue weighted by atomic mass is 32.2. The normalized spacial score (nSPS) is 16.5. The number of carbonyl (C=O) groups is 1. The molecule has 6 heteroatoms. The largest absolute Gasteiger partial charge is 0.478 e. The van der Waals surface area contributed by atoms with E-state index in [4.69, 9.17) is 4.74 Å². The van der Waals surface area contributed by atoms with Gasteiger partial charge in [-0.3, -0.25) is 0 Å². The van der Waals surface area contributed by atoms with Crippen LogP contribution in [0, 0.1) is 19.8 Å². The highest BCUT2D eigenvalue weighted by Crippen LogP contribution is 2.28. The van der Waals surface area contributed by atoms with E-state index in [-0.39, 0.29) is 5.56 Å². The lowest BCUT2D eigenvalue weighted by molar-refractivity contribution is 0.0689.